The van der Waals surface area contributed by atoms with Crippen molar-refractivity contribution in [2.45, 2.75) is 39.5 Å². The third-order valence-electron chi connectivity index (χ3n) is 3.76. The lowest BCUT2D eigenvalue weighted by Gasteiger charge is -2.17. The number of aromatic nitrogens is 2. The maximum Gasteiger partial charge on any atom is 0.161 e. The minimum atomic E-state index is 0.639. The van der Waals surface area contributed by atoms with Crippen LogP contribution in [0.5, 0.6) is 0 Å². The average Bonchev–Trinajstić information content (AvgIpc) is 2.38. The summed E-state index contributed by atoms with van der Waals surface area (Å²) < 4.78 is 0. The molecule has 2 aromatic rings. The number of rotatable bonds is 1. The predicted molar refractivity (Wildman–Crippen MR) is 78.6 cm³/mol. The van der Waals surface area contributed by atoms with E-state index in [0.717, 1.165) is 35.5 Å². The second-order valence-corrected chi connectivity index (χ2v) is 5.65. The molecule has 0 aliphatic heterocycles. The third kappa shape index (κ3) is 2.37. The second-order valence-electron chi connectivity index (χ2n) is 5.29. The zero-order valence-corrected chi connectivity index (χ0v) is 12.1. The molecular formula is C16H17ClN2. The minimum absolute atomic E-state index is 0.639. The van der Waals surface area contributed by atoms with E-state index < -0.39 is 0 Å². The van der Waals surface area contributed by atoms with Gasteiger partial charge in [-0.1, -0.05) is 35.4 Å². The highest BCUT2D eigenvalue weighted by molar-refractivity contribution is 6.30. The van der Waals surface area contributed by atoms with Crippen molar-refractivity contribution >= 4 is 11.6 Å². The standard InChI is InChI=1S/C16H17ClN2/c1-10-7-8-12(11(2)9-10)16-18-14-6-4-3-5-13(14)15(17)19-16/h7-9H,3-6H2,1-2H3. The Balaban J connectivity index is 2.13. The summed E-state index contributed by atoms with van der Waals surface area (Å²) in [5.74, 6) is 0.767. The van der Waals surface area contributed by atoms with Gasteiger partial charge in [0.15, 0.2) is 5.82 Å². The summed E-state index contributed by atoms with van der Waals surface area (Å²) in [5.41, 5.74) is 5.83. The fourth-order valence-corrected chi connectivity index (χ4v) is 3.02. The highest BCUT2D eigenvalue weighted by atomic mass is 35.5. The van der Waals surface area contributed by atoms with E-state index in [0.29, 0.717) is 5.15 Å². The van der Waals surface area contributed by atoms with Gasteiger partial charge in [0.2, 0.25) is 0 Å². The molecule has 0 saturated carbocycles. The Kier molecular flexibility index (Phi) is 3.28. The van der Waals surface area contributed by atoms with Gasteiger partial charge in [-0.15, -0.1) is 0 Å². The van der Waals surface area contributed by atoms with Crippen molar-refractivity contribution < 1.29 is 0 Å². The largest absolute Gasteiger partial charge is 0.233 e. The van der Waals surface area contributed by atoms with Crippen molar-refractivity contribution in [3.63, 3.8) is 0 Å². The van der Waals surface area contributed by atoms with Crippen molar-refractivity contribution in [3.05, 3.63) is 45.7 Å². The van der Waals surface area contributed by atoms with Gasteiger partial charge in [-0.05, 0) is 45.1 Å². The van der Waals surface area contributed by atoms with Crippen LogP contribution in [0, 0.1) is 13.8 Å². The van der Waals surface area contributed by atoms with Crippen molar-refractivity contribution in [1.29, 1.82) is 0 Å². The van der Waals surface area contributed by atoms with Gasteiger partial charge in [0.05, 0.1) is 0 Å². The molecular weight excluding hydrogens is 256 g/mol. The first-order chi connectivity index (χ1) is 9.15. The SMILES string of the molecule is Cc1ccc(-c2nc(Cl)c3c(n2)CCCC3)c(C)c1. The lowest BCUT2D eigenvalue weighted by molar-refractivity contribution is 0.663. The lowest BCUT2D eigenvalue weighted by Crippen LogP contribution is -2.09. The van der Waals surface area contributed by atoms with E-state index in [-0.39, 0.29) is 0 Å². The van der Waals surface area contributed by atoms with Gasteiger partial charge >= 0.3 is 0 Å². The fraction of sp³-hybridized carbons (Fsp3) is 0.375. The molecule has 1 heterocycles. The summed E-state index contributed by atoms with van der Waals surface area (Å²) in [7, 11) is 0. The maximum atomic E-state index is 6.33. The van der Waals surface area contributed by atoms with E-state index in [2.05, 4.69) is 37.0 Å². The van der Waals surface area contributed by atoms with Crippen LogP contribution in [0.1, 0.15) is 35.2 Å². The van der Waals surface area contributed by atoms with Crippen LogP contribution in [0.4, 0.5) is 0 Å². The highest BCUT2D eigenvalue weighted by Gasteiger charge is 2.17. The summed E-state index contributed by atoms with van der Waals surface area (Å²) in [6.45, 7) is 4.19. The summed E-state index contributed by atoms with van der Waals surface area (Å²) in [6.07, 6.45) is 4.43. The van der Waals surface area contributed by atoms with Crippen LogP contribution in [-0.2, 0) is 12.8 Å². The molecule has 0 N–H and O–H groups in total. The zero-order chi connectivity index (χ0) is 13.4. The minimum Gasteiger partial charge on any atom is -0.233 e. The van der Waals surface area contributed by atoms with Crippen molar-refractivity contribution in [2.24, 2.45) is 0 Å². The molecule has 0 amide bonds. The molecule has 0 spiro atoms. The molecule has 0 atom stereocenters. The van der Waals surface area contributed by atoms with Crippen molar-refractivity contribution in [2.75, 3.05) is 0 Å². The van der Waals surface area contributed by atoms with Gasteiger partial charge in [-0.25, -0.2) is 9.97 Å². The van der Waals surface area contributed by atoms with Gasteiger partial charge in [0.1, 0.15) is 5.15 Å². The Bertz CT molecular complexity index is 635. The first-order valence-electron chi connectivity index (χ1n) is 6.78. The van der Waals surface area contributed by atoms with Crippen LogP contribution >= 0.6 is 11.6 Å². The lowest BCUT2D eigenvalue weighted by atomic mass is 9.97. The molecule has 1 aliphatic carbocycles. The number of aryl methyl sites for hydroxylation is 3. The Morgan fingerprint density at radius 1 is 1.05 bits per heavy atom. The fourth-order valence-electron chi connectivity index (χ4n) is 2.73. The Morgan fingerprint density at radius 3 is 2.63 bits per heavy atom. The summed E-state index contributed by atoms with van der Waals surface area (Å²) >= 11 is 6.33. The number of nitrogens with zero attached hydrogens (tertiary/aromatic N) is 2. The third-order valence-corrected chi connectivity index (χ3v) is 4.07. The van der Waals surface area contributed by atoms with Gasteiger partial charge in [-0.3, -0.25) is 0 Å². The topological polar surface area (TPSA) is 25.8 Å². The van der Waals surface area contributed by atoms with E-state index in [1.54, 1.807) is 0 Å². The molecule has 1 aliphatic rings. The van der Waals surface area contributed by atoms with E-state index in [1.165, 1.54) is 24.0 Å². The van der Waals surface area contributed by atoms with Crippen LogP contribution in [0.3, 0.4) is 0 Å². The summed E-state index contributed by atoms with van der Waals surface area (Å²) in [5, 5.41) is 0.639. The number of benzene rings is 1. The molecule has 0 fully saturated rings. The number of fused-ring (bicyclic) bond motifs is 1. The van der Waals surface area contributed by atoms with E-state index in [4.69, 9.17) is 16.6 Å². The highest BCUT2D eigenvalue weighted by Crippen LogP contribution is 2.29. The van der Waals surface area contributed by atoms with Gasteiger partial charge < -0.3 is 0 Å². The van der Waals surface area contributed by atoms with Gasteiger partial charge in [-0.2, -0.15) is 0 Å². The van der Waals surface area contributed by atoms with Gasteiger partial charge in [0, 0.05) is 16.8 Å². The van der Waals surface area contributed by atoms with Crippen LogP contribution in [0.15, 0.2) is 18.2 Å². The predicted octanol–water partition coefficient (Wildman–Crippen LogP) is 4.29. The van der Waals surface area contributed by atoms with E-state index in [9.17, 15) is 0 Å². The molecule has 3 heteroatoms. The van der Waals surface area contributed by atoms with Crippen LogP contribution in [0.2, 0.25) is 5.15 Å². The Hall–Kier alpha value is -1.41. The molecule has 1 aromatic carbocycles. The number of hydrogen-bond acceptors (Lipinski definition) is 2. The van der Waals surface area contributed by atoms with Crippen molar-refractivity contribution in [3.8, 4) is 11.4 Å². The molecule has 0 radical (unpaired) electrons. The average molecular weight is 273 g/mol. The molecule has 0 saturated heterocycles. The number of halogens is 1. The Labute approximate surface area is 118 Å². The molecule has 0 bridgehead atoms. The molecule has 3 rings (SSSR count). The first kappa shape index (κ1) is 12.6. The molecule has 1 aromatic heterocycles. The van der Waals surface area contributed by atoms with Gasteiger partial charge in [0.25, 0.3) is 0 Å². The smallest absolute Gasteiger partial charge is 0.161 e. The quantitative estimate of drug-likeness (QED) is 0.724. The van der Waals surface area contributed by atoms with Crippen LogP contribution < -0.4 is 0 Å². The molecule has 98 valence electrons. The first-order valence-corrected chi connectivity index (χ1v) is 7.16. The second kappa shape index (κ2) is 4.93. The van der Waals surface area contributed by atoms with Crippen molar-refractivity contribution in [1.82, 2.24) is 9.97 Å². The van der Waals surface area contributed by atoms with Crippen LogP contribution in [-0.4, -0.2) is 9.97 Å². The van der Waals surface area contributed by atoms with E-state index >= 15 is 0 Å². The summed E-state index contributed by atoms with van der Waals surface area (Å²) in [6, 6.07) is 6.34. The number of hydrogen-bond donors (Lipinski definition) is 0. The normalized spacial score (nSPS) is 14.3. The molecule has 19 heavy (non-hydrogen) atoms. The Morgan fingerprint density at radius 2 is 1.84 bits per heavy atom. The monoisotopic (exact) mass is 272 g/mol. The zero-order valence-electron chi connectivity index (χ0n) is 11.3. The maximum absolute atomic E-state index is 6.33. The van der Waals surface area contributed by atoms with E-state index in [1.807, 2.05) is 0 Å². The van der Waals surface area contributed by atoms with Crippen LogP contribution in [0.25, 0.3) is 11.4 Å². The molecule has 0 unspecified atom stereocenters. The summed E-state index contributed by atoms with van der Waals surface area (Å²) in [4.78, 5) is 9.24. The molecule has 2 nitrogen and oxygen atoms in total.